The van der Waals surface area contributed by atoms with Crippen LogP contribution in [0.1, 0.15) is 23.7 Å². The molecule has 1 aromatic rings. The van der Waals surface area contributed by atoms with Gasteiger partial charge in [0.25, 0.3) is 5.91 Å². The second-order valence-electron chi connectivity index (χ2n) is 4.11. The van der Waals surface area contributed by atoms with Gasteiger partial charge in [-0.05, 0) is 24.6 Å². The molecule has 0 radical (unpaired) electrons. The van der Waals surface area contributed by atoms with Gasteiger partial charge in [0.1, 0.15) is 12.3 Å². The Morgan fingerprint density at radius 1 is 1.32 bits per heavy atom. The van der Waals surface area contributed by atoms with Gasteiger partial charge in [-0.25, -0.2) is 0 Å². The summed E-state index contributed by atoms with van der Waals surface area (Å²) in [5.41, 5.74) is 0.477. The summed E-state index contributed by atoms with van der Waals surface area (Å²) in [6, 6.07) is 6.80. The van der Waals surface area contributed by atoms with Gasteiger partial charge in [0.15, 0.2) is 0 Å². The van der Waals surface area contributed by atoms with Crippen LogP contribution in [0.25, 0.3) is 0 Å². The lowest BCUT2D eigenvalue weighted by Gasteiger charge is -2.16. The van der Waals surface area contributed by atoms with Crippen LogP contribution in [0.4, 0.5) is 0 Å². The third kappa shape index (κ3) is 4.62. The minimum absolute atomic E-state index is 0.0595. The Morgan fingerprint density at radius 2 is 2.05 bits per heavy atom. The highest BCUT2D eigenvalue weighted by Gasteiger charge is 2.16. The fourth-order valence-electron chi connectivity index (χ4n) is 1.50. The zero-order valence-corrected chi connectivity index (χ0v) is 11.5. The molecule has 0 aliphatic heterocycles. The second kappa shape index (κ2) is 7.41. The van der Waals surface area contributed by atoms with Crippen LogP contribution in [0.3, 0.4) is 0 Å². The van der Waals surface area contributed by atoms with Gasteiger partial charge in [-0.3, -0.25) is 9.59 Å². The van der Waals surface area contributed by atoms with Crippen LogP contribution >= 0.6 is 0 Å². The third-order valence-electron chi connectivity index (χ3n) is 2.50. The molecular formula is C14H19NO4. The highest BCUT2D eigenvalue weighted by atomic mass is 16.5. The largest absolute Gasteiger partial charge is 0.497 e. The van der Waals surface area contributed by atoms with Gasteiger partial charge in [-0.15, -0.1) is 0 Å². The molecule has 0 saturated heterocycles. The molecule has 1 amide bonds. The van der Waals surface area contributed by atoms with Gasteiger partial charge in [0, 0.05) is 12.6 Å². The average Bonchev–Trinajstić information content (AvgIpc) is 2.44. The number of rotatable bonds is 6. The van der Waals surface area contributed by atoms with Crippen LogP contribution < -0.4 is 4.74 Å². The van der Waals surface area contributed by atoms with Crippen molar-refractivity contribution in [1.29, 1.82) is 0 Å². The summed E-state index contributed by atoms with van der Waals surface area (Å²) in [7, 11) is 3.10. The maximum Gasteiger partial charge on any atom is 0.325 e. The van der Waals surface area contributed by atoms with Crippen molar-refractivity contribution in [3.63, 3.8) is 0 Å². The molecule has 0 fully saturated rings. The first-order chi connectivity index (χ1) is 9.08. The molecule has 0 aromatic heterocycles. The van der Waals surface area contributed by atoms with Crippen molar-refractivity contribution in [2.45, 2.75) is 13.3 Å². The number of methoxy groups -OCH3 is 1. The van der Waals surface area contributed by atoms with Gasteiger partial charge in [0.2, 0.25) is 0 Å². The first kappa shape index (κ1) is 15.0. The van der Waals surface area contributed by atoms with Gasteiger partial charge in [0.05, 0.1) is 13.7 Å². The summed E-state index contributed by atoms with van der Waals surface area (Å²) in [5.74, 6) is -0.0410. The zero-order chi connectivity index (χ0) is 14.3. The molecule has 0 unspecified atom stereocenters. The lowest BCUT2D eigenvalue weighted by Crippen LogP contribution is -2.33. The number of benzene rings is 1. The molecule has 0 saturated carbocycles. The number of carbonyl (C=O) groups is 2. The summed E-state index contributed by atoms with van der Waals surface area (Å²) in [6.07, 6.45) is 0.763. The van der Waals surface area contributed by atoms with Crippen LogP contribution in [0, 0.1) is 0 Å². The molecule has 0 N–H and O–H groups in total. The SMILES string of the molecule is CCCOC(=O)CN(C)C(=O)c1cccc(OC)c1. The van der Waals surface area contributed by atoms with E-state index in [1.165, 1.54) is 12.0 Å². The number of ether oxygens (including phenoxy) is 2. The number of amides is 1. The van der Waals surface area contributed by atoms with E-state index in [2.05, 4.69) is 0 Å². The zero-order valence-electron chi connectivity index (χ0n) is 11.5. The van der Waals surface area contributed by atoms with Crippen LogP contribution in [-0.2, 0) is 9.53 Å². The van der Waals surface area contributed by atoms with Crippen LogP contribution in [0.15, 0.2) is 24.3 Å². The lowest BCUT2D eigenvalue weighted by atomic mass is 10.2. The quantitative estimate of drug-likeness (QED) is 0.735. The summed E-state index contributed by atoms with van der Waals surface area (Å²) in [5, 5.41) is 0. The second-order valence-corrected chi connectivity index (χ2v) is 4.11. The molecule has 5 heteroatoms. The minimum Gasteiger partial charge on any atom is -0.497 e. The molecule has 0 heterocycles. The molecule has 0 aliphatic carbocycles. The van der Waals surface area contributed by atoms with Crippen molar-refractivity contribution in [2.75, 3.05) is 27.3 Å². The van der Waals surface area contributed by atoms with Crippen LogP contribution in [0.2, 0.25) is 0 Å². The van der Waals surface area contributed by atoms with E-state index in [1.54, 1.807) is 31.3 Å². The molecule has 0 atom stereocenters. The fourth-order valence-corrected chi connectivity index (χ4v) is 1.50. The Kier molecular flexibility index (Phi) is 5.85. The van der Waals surface area contributed by atoms with E-state index in [-0.39, 0.29) is 12.5 Å². The van der Waals surface area contributed by atoms with Crippen molar-refractivity contribution in [3.8, 4) is 5.75 Å². The van der Waals surface area contributed by atoms with Crippen molar-refractivity contribution in [2.24, 2.45) is 0 Å². The van der Waals surface area contributed by atoms with E-state index in [0.717, 1.165) is 6.42 Å². The number of likely N-dealkylation sites (N-methyl/N-ethyl adjacent to an activating group) is 1. The number of hydrogen-bond acceptors (Lipinski definition) is 4. The standard InChI is InChI=1S/C14H19NO4/c1-4-8-19-13(16)10-15(2)14(17)11-6-5-7-12(9-11)18-3/h5-7,9H,4,8,10H2,1-3H3. The van der Waals surface area contributed by atoms with Gasteiger partial charge in [-0.2, -0.15) is 0 Å². The Hall–Kier alpha value is -2.04. The van der Waals surface area contributed by atoms with Crippen molar-refractivity contribution >= 4 is 11.9 Å². The number of carbonyl (C=O) groups excluding carboxylic acids is 2. The van der Waals surface area contributed by atoms with E-state index >= 15 is 0 Å². The summed E-state index contributed by atoms with van der Waals surface area (Å²) in [4.78, 5) is 24.8. The number of nitrogens with zero attached hydrogens (tertiary/aromatic N) is 1. The predicted octanol–water partition coefficient (Wildman–Crippen LogP) is 1.72. The molecule has 1 rings (SSSR count). The summed E-state index contributed by atoms with van der Waals surface area (Å²) < 4.78 is 9.99. The molecule has 1 aromatic carbocycles. The number of hydrogen-bond donors (Lipinski definition) is 0. The highest BCUT2D eigenvalue weighted by molar-refractivity contribution is 5.96. The van der Waals surface area contributed by atoms with Crippen molar-refractivity contribution in [3.05, 3.63) is 29.8 Å². The highest BCUT2D eigenvalue weighted by Crippen LogP contribution is 2.13. The Balaban J connectivity index is 2.63. The first-order valence-electron chi connectivity index (χ1n) is 6.13. The van der Waals surface area contributed by atoms with Gasteiger partial charge in [-0.1, -0.05) is 13.0 Å². The maximum absolute atomic E-state index is 12.1. The molecule has 5 nitrogen and oxygen atoms in total. The predicted molar refractivity (Wildman–Crippen MR) is 71.2 cm³/mol. The fraction of sp³-hybridized carbons (Fsp3) is 0.429. The van der Waals surface area contributed by atoms with E-state index in [0.29, 0.717) is 17.9 Å². The Bertz CT molecular complexity index is 445. The van der Waals surface area contributed by atoms with Crippen molar-refractivity contribution in [1.82, 2.24) is 4.90 Å². The number of esters is 1. The normalized spacial score (nSPS) is 9.84. The molecule has 19 heavy (non-hydrogen) atoms. The van der Waals surface area contributed by atoms with Crippen LogP contribution in [0.5, 0.6) is 5.75 Å². The molecule has 0 aliphatic rings. The maximum atomic E-state index is 12.1. The van der Waals surface area contributed by atoms with Crippen LogP contribution in [-0.4, -0.2) is 44.1 Å². The molecule has 0 bridgehead atoms. The molecular weight excluding hydrogens is 246 g/mol. The van der Waals surface area contributed by atoms with Crippen molar-refractivity contribution < 1.29 is 19.1 Å². The van der Waals surface area contributed by atoms with E-state index in [9.17, 15) is 9.59 Å². The topological polar surface area (TPSA) is 55.8 Å². The average molecular weight is 265 g/mol. The monoisotopic (exact) mass is 265 g/mol. The van der Waals surface area contributed by atoms with E-state index < -0.39 is 5.97 Å². The lowest BCUT2D eigenvalue weighted by molar-refractivity contribution is -0.144. The third-order valence-corrected chi connectivity index (χ3v) is 2.50. The molecule has 104 valence electrons. The Labute approximate surface area is 113 Å². The Morgan fingerprint density at radius 3 is 2.68 bits per heavy atom. The summed E-state index contributed by atoms with van der Waals surface area (Å²) in [6.45, 7) is 2.23. The van der Waals surface area contributed by atoms with E-state index in [4.69, 9.17) is 9.47 Å². The summed E-state index contributed by atoms with van der Waals surface area (Å²) >= 11 is 0. The smallest absolute Gasteiger partial charge is 0.325 e. The van der Waals surface area contributed by atoms with Gasteiger partial charge < -0.3 is 14.4 Å². The first-order valence-corrected chi connectivity index (χ1v) is 6.13. The van der Waals surface area contributed by atoms with E-state index in [1.807, 2.05) is 6.92 Å². The van der Waals surface area contributed by atoms with Gasteiger partial charge >= 0.3 is 5.97 Å². The molecule has 0 spiro atoms. The minimum atomic E-state index is -0.402.